The van der Waals surface area contributed by atoms with E-state index in [0.29, 0.717) is 32.6 Å². The fraction of sp³-hybridized carbons (Fsp3) is 0.444. The van der Waals surface area contributed by atoms with Gasteiger partial charge < -0.3 is 14.8 Å². The number of hydrogen-bond donors (Lipinski definition) is 1. The normalized spacial score (nSPS) is 15.3. The molecule has 2 amide bonds. The zero-order valence-electron chi connectivity index (χ0n) is 14.0. The second kappa shape index (κ2) is 6.07. The smallest absolute Gasteiger partial charge is 0.227 e. The van der Waals surface area contributed by atoms with Gasteiger partial charge in [-0.3, -0.25) is 9.59 Å². The Bertz CT molecular complexity index is 755. The Labute approximate surface area is 136 Å². The number of hydrogen-bond acceptors (Lipinski definition) is 2. The van der Waals surface area contributed by atoms with Crippen molar-refractivity contribution in [3.05, 3.63) is 35.0 Å². The van der Waals surface area contributed by atoms with E-state index < -0.39 is 0 Å². The number of benzene rings is 1. The van der Waals surface area contributed by atoms with Gasteiger partial charge in [-0.25, -0.2) is 0 Å². The highest BCUT2D eigenvalue weighted by molar-refractivity contribution is 5.90. The van der Waals surface area contributed by atoms with Gasteiger partial charge in [-0.15, -0.1) is 0 Å². The summed E-state index contributed by atoms with van der Waals surface area (Å²) in [4.78, 5) is 31.0. The second-order valence-electron chi connectivity index (χ2n) is 6.34. The second-order valence-corrected chi connectivity index (χ2v) is 6.34. The number of aromatic amines is 1. The first-order valence-electron chi connectivity index (χ1n) is 8.07. The number of rotatable bonds is 2. The third-order valence-corrected chi connectivity index (χ3v) is 4.68. The van der Waals surface area contributed by atoms with Gasteiger partial charge in [-0.2, -0.15) is 0 Å². The van der Waals surface area contributed by atoms with Crippen molar-refractivity contribution in [2.45, 2.75) is 27.2 Å². The van der Waals surface area contributed by atoms with Crippen LogP contribution in [0, 0.1) is 13.8 Å². The summed E-state index contributed by atoms with van der Waals surface area (Å²) < 4.78 is 0. The van der Waals surface area contributed by atoms with Crippen LogP contribution in [-0.4, -0.2) is 52.8 Å². The van der Waals surface area contributed by atoms with Crippen LogP contribution in [0.15, 0.2) is 18.2 Å². The molecule has 0 bridgehead atoms. The third kappa shape index (κ3) is 3.09. The van der Waals surface area contributed by atoms with Crippen LogP contribution in [0.5, 0.6) is 0 Å². The predicted molar refractivity (Wildman–Crippen MR) is 90.3 cm³/mol. The Morgan fingerprint density at radius 1 is 1.09 bits per heavy atom. The van der Waals surface area contributed by atoms with E-state index in [9.17, 15) is 9.59 Å². The Morgan fingerprint density at radius 2 is 1.74 bits per heavy atom. The lowest BCUT2D eigenvalue weighted by molar-refractivity contribution is -0.138. The largest absolute Gasteiger partial charge is 0.358 e. The van der Waals surface area contributed by atoms with Crippen LogP contribution in [0.25, 0.3) is 10.9 Å². The van der Waals surface area contributed by atoms with Gasteiger partial charge >= 0.3 is 0 Å². The van der Waals surface area contributed by atoms with E-state index in [0.717, 1.165) is 22.2 Å². The molecule has 1 N–H and O–H groups in total. The molecule has 0 radical (unpaired) electrons. The Kier molecular flexibility index (Phi) is 4.11. The number of carbonyl (C=O) groups is 2. The van der Waals surface area contributed by atoms with Crippen molar-refractivity contribution in [3.8, 4) is 0 Å². The zero-order valence-corrected chi connectivity index (χ0v) is 14.0. The highest BCUT2D eigenvalue weighted by atomic mass is 16.2. The van der Waals surface area contributed by atoms with Crippen molar-refractivity contribution in [2.75, 3.05) is 26.2 Å². The number of aromatic nitrogens is 1. The molecule has 0 unspecified atom stereocenters. The summed E-state index contributed by atoms with van der Waals surface area (Å²) in [5.74, 6) is 0.221. The van der Waals surface area contributed by atoms with Crippen molar-refractivity contribution in [1.82, 2.24) is 14.8 Å². The number of aryl methyl sites for hydroxylation is 2. The molecule has 3 rings (SSSR count). The molecule has 122 valence electrons. The summed E-state index contributed by atoms with van der Waals surface area (Å²) in [5, 5.41) is 1.14. The van der Waals surface area contributed by atoms with Gasteiger partial charge in [0.1, 0.15) is 0 Å². The van der Waals surface area contributed by atoms with Crippen molar-refractivity contribution in [3.63, 3.8) is 0 Å². The first-order valence-corrected chi connectivity index (χ1v) is 8.07. The number of amides is 2. The van der Waals surface area contributed by atoms with Gasteiger partial charge in [-0.05, 0) is 31.5 Å². The number of H-pyrrole nitrogens is 1. The molecule has 1 saturated heterocycles. The maximum Gasteiger partial charge on any atom is 0.227 e. The summed E-state index contributed by atoms with van der Waals surface area (Å²) in [6, 6.07) is 6.28. The van der Waals surface area contributed by atoms with Gasteiger partial charge in [0.05, 0.1) is 6.42 Å². The van der Waals surface area contributed by atoms with E-state index in [1.54, 1.807) is 11.8 Å². The number of fused-ring (bicyclic) bond motifs is 1. The lowest BCUT2D eigenvalue weighted by Crippen LogP contribution is -2.50. The topological polar surface area (TPSA) is 56.4 Å². The predicted octanol–water partition coefficient (Wildman–Crippen LogP) is 2.02. The van der Waals surface area contributed by atoms with Crippen LogP contribution in [0.3, 0.4) is 0 Å². The highest BCUT2D eigenvalue weighted by Crippen LogP contribution is 2.24. The SMILES string of the molecule is CC(=O)N1CCN(C(=O)Cc2c(C)[nH]c3ccc(C)cc23)CC1. The molecule has 2 heterocycles. The Balaban J connectivity index is 1.75. The van der Waals surface area contributed by atoms with Crippen LogP contribution in [0.4, 0.5) is 0 Å². The number of carbonyl (C=O) groups excluding carboxylic acids is 2. The molecule has 1 aromatic carbocycles. The zero-order chi connectivity index (χ0) is 16.6. The molecule has 1 fully saturated rings. The molecule has 1 aliphatic heterocycles. The van der Waals surface area contributed by atoms with E-state index >= 15 is 0 Å². The van der Waals surface area contributed by atoms with Crippen molar-refractivity contribution in [2.24, 2.45) is 0 Å². The van der Waals surface area contributed by atoms with E-state index in [1.807, 2.05) is 11.8 Å². The number of nitrogens with zero attached hydrogens (tertiary/aromatic N) is 2. The summed E-state index contributed by atoms with van der Waals surface area (Å²) in [6.45, 7) is 8.17. The lowest BCUT2D eigenvalue weighted by atomic mass is 10.0. The van der Waals surface area contributed by atoms with Crippen molar-refractivity contribution < 1.29 is 9.59 Å². The molecule has 23 heavy (non-hydrogen) atoms. The molecular weight excluding hydrogens is 290 g/mol. The summed E-state index contributed by atoms with van der Waals surface area (Å²) >= 11 is 0. The average Bonchev–Trinajstić information content (AvgIpc) is 2.83. The van der Waals surface area contributed by atoms with Crippen molar-refractivity contribution >= 4 is 22.7 Å². The van der Waals surface area contributed by atoms with Crippen LogP contribution in [0.2, 0.25) is 0 Å². The molecule has 0 aliphatic carbocycles. The van der Waals surface area contributed by atoms with Crippen LogP contribution >= 0.6 is 0 Å². The van der Waals surface area contributed by atoms with Crippen LogP contribution in [0.1, 0.15) is 23.7 Å². The summed E-state index contributed by atoms with van der Waals surface area (Å²) in [7, 11) is 0. The fourth-order valence-electron chi connectivity index (χ4n) is 3.26. The van der Waals surface area contributed by atoms with Gasteiger partial charge in [0.15, 0.2) is 0 Å². The minimum atomic E-state index is 0.0834. The lowest BCUT2D eigenvalue weighted by Gasteiger charge is -2.34. The molecule has 2 aromatic rings. The van der Waals surface area contributed by atoms with E-state index in [1.165, 1.54) is 5.56 Å². The van der Waals surface area contributed by atoms with Gasteiger partial charge in [0.2, 0.25) is 11.8 Å². The molecular formula is C18H23N3O2. The minimum absolute atomic E-state index is 0.0834. The van der Waals surface area contributed by atoms with Crippen molar-refractivity contribution in [1.29, 1.82) is 0 Å². The van der Waals surface area contributed by atoms with Gasteiger partial charge in [0, 0.05) is 49.7 Å². The summed E-state index contributed by atoms with van der Waals surface area (Å²) in [5.41, 5.74) is 4.42. The third-order valence-electron chi connectivity index (χ3n) is 4.68. The van der Waals surface area contributed by atoms with E-state index in [2.05, 4.69) is 30.1 Å². The van der Waals surface area contributed by atoms with Crippen LogP contribution in [-0.2, 0) is 16.0 Å². The van der Waals surface area contributed by atoms with Gasteiger partial charge in [0.25, 0.3) is 0 Å². The average molecular weight is 313 g/mol. The maximum absolute atomic E-state index is 12.6. The van der Waals surface area contributed by atoms with E-state index in [-0.39, 0.29) is 11.8 Å². The number of nitrogens with one attached hydrogen (secondary N) is 1. The first kappa shape index (κ1) is 15.6. The maximum atomic E-state index is 12.6. The standard InChI is InChI=1S/C18H23N3O2/c1-12-4-5-17-16(10-12)15(13(2)19-17)11-18(23)21-8-6-20(7-9-21)14(3)22/h4-5,10,19H,6-9,11H2,1-3H3. The molecule has 0 atom stereocenters. The fourth-order valence-corrected chi connectivity index (χ4v) is 3.26. The Morgan fingerprint density at radius 3 is 2.39 bits per heavy atom. The van der Waals surface area contributed by atoms with Crippen LogP contribution < -0.4 is 0 Å². The molecule has 0 saturated carbocycles. The van der Waals surface area contributed by atoms with E-state index in [4.69, 9.17) is 0 Å². The quantitative estimate of drug-likeness (QED) is 0.922. The molecule has 1 aliphatic rings. The van der Waals surface area contributed by atoms with Gasteiger partial charge in [-0.1, -0.05) is 11.6 Å². The number of piperazine rings is 1. The monoisotopic (exact) mass is 313 g/mol. The molecule has 5 nitrogen and oxygen atoms in total. The molecule has 1 aromatic heterocycles. The highest BCUT2D eigenvalue weighted by Gasteiger charge is 2.23. The molecule has 5 heteroatoms. The Hall–Kier alpha value is -2.30. The minimum Gasteiger partial charge on any atom is -0.358 e. The summed E-state index contributed by atoms with van der Waals surface area (Å²) in [6.07, 6.45) is 0.412. The first-order chi connectivity index (χ1) is 11.0. The molecule has 0 spiro atoms.